The molecule has 0 saturated carbocycles. The predicted molar refractivity (Wildman–Crippen MR) is 114 cm³/mol. The Bertz CT molecular complexity index is 1030. The number of morpholine rings is 1. The average Bonchev–Trinajstić information content (AvgIpc) is 3.40. The minimum absolute atomic E-state index is 0.0172. The lowest BCUT2D eigenvalue weighted by Gasteiger charge is -2.28. The number of aromatic nitrogens is 5. The lowest BCUT2D eigenvalue weighted by molar-refractivity contribution is -0.384. The second-order valence-electron chi connectivity index (χ2n) is 7.49. The van der Waals surface area contributed by atoms with E-state index < -0.39 is 4.92 Å². The first kappa shape index (κ1) is 21.2. The number of nitrogens with zero attached hydrogens (tertiary/aromatic N) is 7. The van der Waals surface area contributed by atoms with Crippen LogP contribution in [-0.4, -0.2) is 56.1 Å². The first-order valence-corrected chi connectivity index (χ1v) is 11.0. The fraction of sp³-hybridized carbons (Fsp3) is 0.474. The molecule has 3 heterocycles. The molecule has 1 aromatic carbocycles. The van der Waals surface area contributed by atoms with Crippen LogP contribution < -0.4 is 4.90 Å². The van der Waals surface area contributed by atoms with Crippen LogP contribution in [0.15, 0.2) is 33.9 Å². The van der Waals surface area contributed by atoms with Gasteiger partial charge < -0.3 is 14.2 Å². The number of hydrogen-bond acceptors (Lipinski definition) is 10. The second kappa shape index (κ2) is 9.43. The van der Waals surface area contributed by atoms with Gasteiger partial charge >= 0.3 is 0 Å². The van der Waals surface area contributed by atoms with E-state index in [-0.39, 0.29) is 5.69 Å². The van der Waals surface area contributed by atoms with E-state index in [0.717, 1.165) is 30.7 Å². The molecule has 1 aliphatic rings. The van der Waals surface area contributed by atoms with Crippen LogP contribution in [0.5, 0.6) is 0 Å². The molecule has 0 amide bonds. The van der Waals surface area contributed by atoms with Crippen LogP contribution >= 0.6 is 11.8 Å². The lowest BCUT2D eigenvalue weighted by atomic mass is 10.2. The highest BCUT2D eigenvalue weighted by Gasteiger charge is 2.22. The van der Waals surface area contributed by atoms with Crippen molar-refractivity contribution in [3.05, 3.63) is 40.3 Å². The van der Waals surface area contributed by atoms with Gasteiger partial charge in [0, 0.05) is 37.3 Å². The van der Waals surface area contributed by atoms with Gasteiger partial charge in [-0.05, 0) is 18.1 Å². The van der Waals surface area contributed by atoms with Crippen molar-refractivity contribution in [2.24, 2.45) is 5.92 Å². The number of benzene rings is 1. The Labute approximate surface area is 182 Å². The maximum absolute atomic E-state index is 10.8. The fourth-order valence-electron chi connectivity index (χ4n) is 3.20. The maximum atomic E-state index is 10.8. The van der Waals surface area contributed by atoms with Crippen LogP contribution in [0, 0.1) is 16.0 Å². The predicted octanol–water partition coefficient (Wildman–Crippen LogP) is 3.02. The van der Waals surface area contributed by atoms with Crippen molar-refractivity contribution in [3.63, 3.8) is 0 Å². The van der Waals surface area contributed by atoms with Crippen molar-refractivity contribution >= 4 is 23.4 Å². The molecule has 1 fully saturated rings. The summed E-state index contributed by atoms with van der Waals surface area (Å²) in [6, 6.07) is 6.05. The summed E-state index contributed by atoms with van der Waals surface area (Å²) in [6.45, 7) is 8.08. The summed E-state index contributed by atoms with van der Waals surface area (Å²) < 4.78 is 12.9. The van der Waals surface area contributed by atoms with E-state index in [1.807, 2.05) is 0 Å². The average molecular weight is 446 g/mol. The number of nitro groups is 1. The molecule has 0 atom stereocenters. The summed E-state index contributed by atoms with van der Waals surface area (Å²) in [4.78, 5) is 17.0. The lowest BCUT2D eigenvalue weighted by Crippen LogP contribution is -2.38. The Hall–Kier alpha value is -2.99. The van der Waals surface area contributed by atoms with E-state index in [4.69, 9.17) is 9.26 Å². The van der Waals surface area contributed by atoms with Gasteiger partial charge in [-0.1, -0.05) is 30.8 Å². The van der Waals surface area contributed by atoms with Crippen LogP contribution in [0.3, 0.4) is 0 Å². The van der Waals surface area contributed by atoms with Crippen molar-refractivity contribution in [1.82, 2.24) is 24.9 Å². The third-order valence-corrected chi connectivity index (χ3v) is 5.62. The SMILES string of the molecule is CC(C)Cn1c(SCc2nc(-c3ccc([N+](=O)[O-])cc3)no2)nnc1N1CCOCC1. The Morgan fingerprint density at radius 2 is 1.94 bits per heavy atom. The molecule has 3 aromatic rings. The zero-order valence-electron chi connectivity index (χ0n) is 17.3. The van der Waals surface area contributed by atoms with Crippen molar-refractivity contribution in [2.45, 2.75) is 31.3 Å². The summed E-state index contributed by atoms with van der Waals surface area (Å²) in [7, 11) is 0. The minimum Gasteiger partial charge on any atom is -0.378 e. The summed E-state index contributed by atoms with van der Waals surface area (Å²) in [5, 5.41) is 24.4. The molecule has 0 spiro atoms. The van der Waals surface area contributed by atoms with Gasteiger partial charge in [0.1, 0.15) is 0 Å². The smallest absolute Gasteiger partial charge is 0.269 e. The Morgan fingerprint density at radius 3 is 2.61 bits per heavy atom. The number of anilines is 1. The number of thioether (sulfide) groups is 1. The van der Waals surface area contributed by atoms with Crippen molar-refractivity contribution in [3.8, 4) is 11.4 Å². The summed E-state index contributed by atoms with van der Waals surface area (Å²) >= 11 is 1.49. The first-order valence-electron chi connectivity index (χ1n) is 9.97. The van der Waals surface area contributed by atoms with Crippen molar-refractivity contribution in [2.75, 3.05) is 31.2 Å². The highest BCUT2D eigenvalue weighted by Crippen LogP contribution is 2.27. The first-order chi connectivity index (χ1) is 15.0. The molecule has 12 heteroatoms. The highest BCUT2D eigenvalue weighted by molar-refractivity contribution is 7.98. The number of rotatable bonds is 8. The molecule has 2 aromatic heterocycles. The summed E-state index contributed by atoms with van der Waals surface area (Å²) in [5.41, 5.74) is 0.673. The third kappa shape index (κ3) is 5.02. The topological polar surface area (TPSA) is 125 Å². The quantitative estimate of drug-likeness (QED) is 0.290. The molecule has 164 valence electrons. The molecule has 0 aliphatic carbocycles. The normalized spacial score (nSPS) is 14.4. The van der Waals surface area contributed by atoms with E-state index in [0.29, 0.717) is 42.2 Å². The van der Waals surface area contributed by atoms with Crippen molar-refractivity contribution in [1.29, 1.82) is 0 Å². The maximum Gasteiger partial charge on any atom is 0.269 e. The van der Waals surface area contributed by atoms with Gasteiger partial charge in [0.25, 0.3) is 5.69 Å². The largest absolute Gasteiger partial charge is 0.378 e. The molecule has 11 nitrogen and oxygen atoms in total. The van der Waals surface area contributed by atoms with Crippen LogP contribution in [0.1, 0.15) is 19.7 Å². The monoisotopic (exact) mass is 445 g/mol. The summed E-state index contributed by atoms with van der Waals surface area (Å²) in [5.74, 6) is 2.58. The Balaban J connectivity index is 1.46. The number of nitro benzene ring substituents is 1. The number of ether oxygens (including phenoxy) is 1. The van der Waals surface area contributed by atoms with Gasteiger partial charge in [-0.3, -0.25) is 14.7 Å². The van der Waals surface area contributed by atoms with E-state index in [9.17, 15) is 10.1 Å². The summed E-state index contributed by atoms with van der Waals surface area (Å²) in [6.07, 6.45) is 0. The molecule has 4 rings (SSSR count). The van der Waals surface area contributed by atoms with Gasteiger partial charge in [-0.15, -0.1) is 10.2 Å². The number of hydrogen-bond donors (Lipinski definition) is 0. The molecule has 0 bridgehead atoms. The Kier molecular flexibility index (Phi) is 6.47. The van der Waals surface area contributed by atoms with Crippen LogP contribution in [0.2, 0.25) is 0 Å². The van der Waals surface area contributed by atoms with Gasteiger partial charge in [-0.25, -0.2) is 0 Å². The van der Waals surface area contributed by atoms with E-state index in [2.05, 4.69) is 43.7 Å². The standard InChI is InChI=1S/C19H23N7O4S/c1-13(2)11-25-18(24-7-9-29-10-8-24)21-22-19(25)31-12-16-20-17(23-30-16)14-3-5-15(6-4-14)26(27)28/h3-6,13H,7-12H2,1-2H3. The molecule has 0 unspecified atom stereocenters. The molecular weight excluding hydrogens is 422 g/mol. The highest BCUT2D eigenvalue weighted by atomic mass is 32.2. The molecule has 0 N–H and O–H groups in total. The molecule has 1 saturated heterocycles. The van der Waals surface area contributed by atoms with Crippen LogP contribution in [0.25, 0.3) is 11.4 Å². The van der Waals surface area contributed by atoms with Crippen molar-refractivity contribution < 1.29 is 14.2 Å². The molecular formula is C19H23N7O4S. The van der Waals surface area contributed by atoms with Gasteiger partial charge in [0.2, 0.25) is 17.7 Å². The molecule has 1 aliphatic heterocycles. The second-order valence-corrected chi connectivity index (χ2v) is 8.43. The molecule has 0 radical (unpaired) electrons. The molecule has 31 heavy (non-hydrogen) atoms. The third-order valence-electron chi connectivity index (χ3n) is 4.67. The van der Waals surface area contributed by atoms with Gasteiger partial charge in [0.05, 0.1) is 23.9 Å². The Morgan fingerprint density at radius 1 is 1.19 bits per heavy atom. The van der Waals surface area contributed by atoms with Gasteiger partial charge in [0.15, 0.2) is 5.16 Å². The zero-order valence-corrected chi connectivity index (χ0v) is 18.1. The van der Waals surface area contributed by atoms with E-state index in [1.165, 1.54) is 23.9 Å². The fourth-order valence-corrected chi connectivity index (χ4v) is 3.98. The minimum atomic E-state index is -0.444. The van der Waals surface area contributed by atoms with E-state index in [1.54, 1.807) is 12.1 Å². The zero-order chi connectivity index (χ0) is 21.8. The van der Waals surface area contributed by atoms with Crippen LogP contribution in [0.4, 0.5) is 11.6 Å². The van der Waals surface area contributed by atoms with Crippen LogP contribution in [-0.2, 0) is 17.0 Å². The van der Waals surface area contributed by atoms with E-state index >= 15 is 0 Å². The number of non-ortho nitro benzene ring substituents is 1. The van der Waals surface area contributed by atoms with Gasteiger partial charge in [-0.2, -0.15) is 4.98 Å².